The molecular weight excluding hydrogens is 277 g/mol. The molecule has 0 fully saturated rings. The van der Waals surface area contributed by atoms with E-state index in [4.69, 9.17) is 0 Å². The number of sulfonamides is 1. The number of benzene rings is 2. The zero-order valence-electron chi connectivity index (χ0n) is 11.1. The molecule has 3 nitrogen and oxygen atoms in total. The fourth-order valence-electron chi connectivity index (χ4n) is 1.94. The first kappa shape index (κ1) is 14.7. The molecule has 0 bridgehead atoms. The molecule has 0 spiro atoms. The molecule has 0 amide bonds. The SMILES string of the molecule is CC(NS(=O)(=O)Cc1ccccc1F)c1ccccc1. The van der Waals surface area contributed by atoms with Crippen molar-refractivity contribution >= 4 is 10.0 Å². The highest BCUT2D eigenvalue weighted by Gasteiger charge is 2.18. The molecule has 0 saturated heterocycles. The molecule has 106 valence electrons. The first-order valence-electron chi connectivity index (χ1n) is 6.26. The summed E-state index contributed by atoms with van der Waals surface area (Å²) in [7, 11) is -3.59. The van der Waals surface area contributed by atoms with Crippen LogP contribution in [0.3, 0.4) is 0 Å². The summed E-state index contributed by atoms with van der Waals surface area (Å²) in [5, 5.41) is 0. The highest BCUT2D eigenvalue weighted by atomic mass is 32.2. The van der Waals surface area contributed by atoms with E-state index in [9.17, 15) is 12.8 Å². The highest BCUT2D eigenvalue weighted by Crippen LogP contribution is 2.15. The van der Waals surface area contributed by atoms with E-state index in [1.807, 2.05) is 30.3 Å². The van der Waals surface area contributed by atoms with Crippen molar-refractivity contribution in [3.05, 3.63) is 71.5 Å². The normalized spacial score (nSPS) is 13.1. The third kappa shape index (κ3) is 3.88. The van der Waals surface area contributed by atoms with Gasteiger partial charge >= 0.3 is 0 Å². The molecule has 2 aromatic rings. The number of halogens is 1. The van der Waals surface area contributed by atoms with E-state index >= 15 is 0 Å². The number of nitrogens with one attached hydrogen (secondary N) is 1. The van der Waals surface area contributed by atoms with E-state index in [1.165, 1.54) is 18.2 Å². The lowest BCUT2D eigenvalue weighted by atomic mass is 10.1. The van der Waals surface area contributed by atoms with Gasteiger partial charge in [0.25, 0.3) is 0 Å². The third-order valence-electron chi connectivity index (χ3n) is 2.96. The van der Waals surface area contributed by atoms with Crippen molar-refractivity contribution in [2.45, 2.75) is 18.7 Å². The van der Waals surface area contributed by atoms with E-state index in [0.717, 1.165) is 5.56 Å². The molecule has 1 N–H and O–H groups in total. The van der Waals surface area contributed by atoms with Gasteiger partial charge in [-0.05, 0) is 18.6 Å². The zero-order chi connectivity index (χ0) is 14.6. The smallest absolute Gasteiger partial charge is 0.212 e. The molecule has 0 aliphatic rings. The Labute approximate surface area is 118 Å². The van der Waals surface area contributed by atoms with Gasteiger partial charge in [0.1, 0.15) is 5.82 Å². The van der Waals surface area contributed by atoms with Crippen LogP contribution in [0.2, 0.25) is 0 Å². The van der Waals surface area contributed by atoms with Crippen molar-refractivity contribution in [2.75, 3.05) is 0 Å². The predicted octanol–water partition coefficient (Wildman–Crippen LogP) is 3.01. The topological polar surface area (TPSA) is 46.2 Å². The van der Waals surface area contributed by atoms with Gasteiger partial charge in [-0.15, -0.1) is 0 Å². The molecule has 20 heavy (non-hydrogen) atoms. The Morgan fingerprint density at radius 1 is 1.05 bits per heavy atom. The van der Waals surface area contributed by atoms with Gasteiger partial charge in [0, 0.05) is 11.6 Å². The summed E-state index contributed by atoms with van der Waals surface area (Å²) in [6.45, 7) is 1.76. The lowest BCUT2D eigenvalue weighted by Gasteiger charge is -2.14. The second kappa shape index (κ2) is 6.15. The Kier molecular flexibility index (Phi) is 4.52. The van der Waals surface area contributed by atoms with Crippen molar-refractivity contribution in [3.8, 4) is 0 Å². The zero-order valence-corrected chi connectivity index (χ0v) is 11.9. The molecule has 1 atom stereocenters. The van der Waals surface area contributed by atoms with Gasteiger partial charge in [0.15, 0.2) is 0 Å². The van der Waals surface area contributed by atoms with Crippen molar-refractivity contribution in [3.63, 3.8) is 0 Å². The van der Waals surface area contributed by atoms with Gasteiger partial charge in [0.05, 0.1) is 5.75 Å². The summed E-state index contributed by atoms with van der Waals surface area (Å²) in [5.74, 6) is -0.873. The average molecular weight is 293 g/mol. The van der Waals surface area contributed by atoms with Crippen LogP contribution in [0.25, 0.3) is 0 Å². The monoisotopic (exact) mass is 293 g/mol. The standard InChI is InChI=1S/C15H16FNO2S/c1-12(13-7-3-2-4-8-13)17-20(18,19)11-14-9-5-6-10-15(14)16/h2-10,12,17H,11H2,1H3. The second-order valence-corrected chi connectivity index (χ2v) is 6.35. The van der Waals surface area contributed by atoms with Crippen molar-refractivity contribution < 1.29 is 12.8 Å². The summed E-state index contributed by atoms with van der Waals surface area (Å²) < 4.78 is 40.2. The van der Waals surface area contributed by atoms with Crippen LogP contribution in [-0.2, 0) is 15.8 Å². The van der Waals surface area contributed by atoms with Crippen LogP contribution in [0.4, 0.5) is 4.39 Å². The van der Waals surface area contributed by atoms with Crippen LogP contribution in [0.15, 0.2) is 54.6 Å². The highest BCUT2D eigenvalue weighted by molar-refractivity contribution is 7.88. The van der Waals surface area contributed by atoms with E-state index in [0.29, 0.717) is 0 Å². The number of rotatable bonds is 5. The largest absolute Gasteiger partial charge is 0.216 e. The molecule has 0 radical (unpaired) electrons. The first-order chi connectivity index (χ1) is 9.48. The molecule has 0 heterocycles. The Hall–Kier alpha value is -1.72. The van der Waals surface area contributed by atoms with E-state index < -0.39 is 15.8 Å². The lowest BCUT2D eigenvalue weighted by Crippen LogP contribution is -2.28. The van der Waals surface area contributed by atoms with Crippen LogP contribution in [0.1, 0.15) is 24.1 Å². The predicted molar refractivity (Wildman–Crippen MR) is 77.0 cm³/mol. The summed E-state index contributed by atoms with van der Waals surface area (Å²) in [6.07, 6.45) is 0. The second-order valence-electron chi connectivity index (χ2n) is 4.60. The maximum Gasteiger partial charge on any atom is 0.216 e. The molecule has 2 aromatic carbocycles. The minimum absolute atomic E-state index is 0.167. The fourth-order valence-corrected chi connectivity index (χ4v) is 3.34. The molecule has 5 heteroatoms. The van der Waals surface area contributed by atoms with Gasteiger partial charge in [-0.25, -0.2) is 17.5 Å². The fraction of sp³-hybridized carbons (Fsp3) is 0.200. The quantitative estimate of drug-likeness (QED) is 0.921. The van der Waals surface area contributed by atoms with Gasteiger partial charge in [0.2, 0.25) is 10.0 Å². The molecule has 0 aromatic heterocycles. The van der Waals surface area contributed by atoms with Crippen LogP contribution in [-0.4, -0.2) is 8.42 Å². The van der Waals surface area contributed by atoms with Gasteiger partial charge in [-0.1, -0.05) is 48.5 Å². The van der Waals surface area contributed by atoms with Crippen LogP contribution in [0, 0.1) is 5.82 Å². The summed E-state index contributed by atoms with van der Waals surface area (Å²) in [4.78, 5) is 0. The van der Waals surface area contributed by atoms with E-state index in [-0.39, 0.29) is 17.4 Å². The van der Waals surface area contributed by atoms with Gasteiger partial charge < -0.3 is 0 Å². The van der Waals surface area contributed by atoms with E-state index in [2.05, 4.69) is 4.72 Å². The Morgan fingerprint density at radius 3 is 2.30 bits per heavy atom. The average Bonchev–Trinajstić information content (AvgIpc) is 2.41. The maximum absolute atomic E-state index is 13.5. The van der Waals surface area contributed by atoms with Crippen LogP contribution < -0.4 is 4.72 Å². The molecular formula is C15H16FNO2S. The summed E-state index contributed by atoms with van der Waals surface area (Å²) >= 11 is 0. The van der Waals surface area contributed by atoms with Crippen molar-refractivity contribution in [1.82, 2.24) is 4.72 Å². The minimum Gasteiger partial charge on any atom is -0.212 e. The van der Waals surface area contributed by atoms with Crippen molar-refractivity contribution in [1.29, 1.82) is 0 Å². The first-order valence-corrected chi connectivity index (χ1v) is 7.91. The minimum atomic E-state index is -3.59. The Morgan fingerprint density at radius 2 is 1.65 bits per heavy atom. The number of hydrogen-bond donors (Lipinski definition) is 1. The van der Waals surface area contributed by atoms with Crippen molar-refractivity contribution in [2.24, 2.45) is 0 Å². The molecule has 2 rings (SSSR count). The molecule has 0 aliphatic heterocycles. The Bertz CT molecular complexity index is 671. The Balaban J connectivity index is 2.10. The summed E-state index contributed by atoms with van der Waals surface area (Å²) in [6, 6.07) is 14.8. The lowest BCUT2D eigenvalue weighted by molar-refractivity contribution is 0.561. The molecule has 0 aliphatic carbocycles. The summed E-state index contributed by atoms with van der Waals surface area (Å²) in [5.41, 5.74) is 1.03. The third-order valence-corrected chi connectivity index (χ3v) is 4.36. The van der Waals surface area contributed by atoms with Crippen LogP contribution >= 0.6 is 0 Å². The van der Waals surface area contributed by atoms with E-state index in [1.54, 1.807) is 13.0 Å². The molecule has 1 unspecified atom stereocenters. The molecule has 0 saturated carbocycles. The number of hydrogen-bond acceptors (Lipinski definition) is 2. The van der Waals surface area contributed by atoms with Gasteiger partial charge in [-0.3, -0.25) is 0 Å². The maximum atomic E-state index is 13.5. The van der Waals surface area contributed by atoms with Crippen LogP contribution in [0.5, 0.6) is 0 Å². The van der Waals surface area contributed by atoms with Gasteiger partial charge in [-0.2, -0.15) is 0 Å².